The Morgan fingerprint density at radius 3 is 2.46 bits per heavy atom. The van der Waals surface area contributed by atoms with Crippen molar-refractivity contribution >= 4 is 11.6 Å². The van der Waals surface area contributed by atoms with Crippen molar-refractivity contribution in [1.82, 2.24) is 14.9 Å². The average molecular weight is 360 g/mol. The van der Waals surface area contributed by atoms with Crippen LogP contribution in [0.3, 0.4) is 0 Å². The summed E-state index contributed by atoms with van der Waals surface area (Å²) >= 11 is 0. The van der Waals surface area contributed by atoms with Gasteiger partial charge in [0.25, 0.3) is 0 Å². The Labute approximate surface area is 155 Å². The Balaban J connectivity index is 1.82. The molecule has 0 unspecified atom stereocenters. The molecule has 0 aliphatic carbocycles. The number of nitrogens with one attached hydrogen (secondary N) is 1. The van der Waals surface area contributed by atoms with Gasteiger partial charge >= 0.3 is 0 Å². The van der Waals surface area contributed by atoms with Gasteiger partial charge in [-0.1, -0.05) is 13.8 Å². The van der Waals surface area contributed by atoms with Gasteiger partial charge in [-0.05, 0) is 31.3 Å². The molecule has 0 fully saturated rings. The predicted molar refractivity (Wildman–Crippen MR) is 102 cm³/mol. The normalized spacial score (nSPS) is 10.8. The fourth-order valence-electron chi connectivity index (χ4n) is 2.41. The van der Waals surface area contributed by atoms with Crippen molar-refractivity contribution in [3.63, 3.8) is 0 Å². The van der Waals surface area contributed by atoms with E-state index in [4.69, 9.17) is 14.2 Å². The van der Waals surface area contributed by atoms with E-state index in [1.165, 1.54) is 0 Å². The standard InChI is InChI=1S/C19H28N4O3/c1-4-23(5-2)11-12-25-13-14-26-18-15-16(7-8-17(18)24-3)22-19-20-9-6-10-21-19/h6-10,15H,4-5,11-14H2,1-3H3,(H,20,21,22). The number of anilines is 2. The van der Waals surface area contributed by atoms with Crippen LogP contribution in [0.4, 0.5) is 11.6 Å². The highest BCUT2D eigenvalue weighted by Crippen LogP contribution is 2.30. The molecule has 26 heavy (non-hydrogen) atoms. The summed E-state index contributed by atoms with van der Waals surface area (Å²) in [7, 11) is 1.62. The number of benzene rings is 1. The summed E-state index contributed by atoms with van der Waals surface area (Å²) in [6.45, 7) is 9.02. The molecule has 0 saturated carbocycles. The van der Waals surface area contributed by atoms with Gasteiger partial charge in [-0.2, -0.15) is 0 Å². The van der Waals surface area contributed by atoms with Crippen LogP contribution in [0, 0.1) is 0 Å². The van der Waals surface area contributed by atoms with Gasteiger partial charge in [0.05, 0.1) is 20.3 Å². The first-order chi connectivity index (χ1) is 12.8. The van der Waals surface area contributed by atoms with Gasteiger partial charge in [0, 0.05) is 30.7 Å². The highest BCUT2D eigenvalue weighted by Gasteiger charge is 2.07. The number of likely N-dealkylation sites (N-methyl/N-ethyl adjacent to an activating group) is 1. The molecule has 0 aliphatic rings. The first kappa shape index (κ1) is 19.9. The summed E-state index contributed by atoms with van der Waals surface area (Å²) in [5, 5.41) is 3.14. The Hall–Kier alpha value is -2.38. The minimum absolute atomic E-state index is 0.458. The van der Waals surface area contributed by atoms with Gasteiger partial charge in [-0.3, -0.25) is 0 Å². The number of rotatable bonds is 12. The molecule has 0 saturated heterocycles. The number of aromatic nitrogens is 2. The zero-order valence-corrected chi connectivity index (χ0v) is 15.8. The molecule has 0 radical (unpaired) electrons. The second kappa shape index (κ2) is 11.3. The number of ether oxygens (including phenoxy) is 3. The van der Waals surface area contributed by atoms with Crippen LogP contribution in [0.2, 0.25) is 0 Å². The fourth-order valence-corrected chi connectivity index (χ4v) is 2.41. The lowest BCUT2D eigenvalue weighted by atomic mass is 10.2. The number of methoxy groups -OCH3 is 1. The number of hydrogen-bond acceptors (Lipinski definition) is 7. The molecule has 0 atom stereocenters. The fraction of sp³-hybridized carbons (Fsp3) is 0.474. The SMILES string of the molecule is CCN(CC)CCOCCOc1cc(Nc2ncccn2)ccc1OC. The smallest absolute Gasteiger partial charge is 0.227 e. The zero-order valence-electron chi connectivity index (χ0n) is 15.8. The third-order valence-electron chi connectivity index (χ3n) is 3.92. The average Bonchev–Trinajstić information content (AvgIpc) is 2.68. The second-order valence-corrected chi connectivity index (χ2v) is 5.55. The molecule has 1 N–H and O–H groups in total. The first-order valence-corrected chi connectivity index (χ1v) is 8.91. The molecule has 142 valence electrons. The molecule has 2 rings (SSSR count). The van der Waals surface area contributed by atoms with Crippen molar-refractivity contribution in [3.05, 3.63) is 36.7 Å². The summed E-state index contributed by atoms with van der Waals surface area (Å²) < 4.78 is 16.8. The predicted octanol–water partition coefficient (Wildman–Crippen LogP) is 2.97. The Morgan fingerprint density at radius 1 is 1.00 bits per heavy atom. The zero-order chi connectivity index (χ0) is 18.6. The first-order valence-electron chi connectivity index (χ1n) is 8.91. The molecule has 0 spiro atoms. The monoisotopic (exact) mass is 360 g/mol. The van der Waals surface area contributed by atoms with Gasteiger partial charge in [-0.25, -0.2) is 9.97 Å². The highest BCUT2D eigenvalue weighted by atomic mass is 16.5. The highest BCUT2D eigenvalue weighted by molar-refractivity contribution is 5.59. The molecule has 0 amide bonds. The van der Waals surface area contributed by atoms with E-state index in [0.717, 1.165) is 25.3 Å². The van der Waals surface area contributed by atoms with E-state index in [1.54, 1.807) is 25.6 Å². The molecule has 1 aromatic carbocycles. The van der Waals surface area contributed by atoms with Gasteiger partial charge in [0.2, 0.25) is 5.95 Å². The van der Waals surface area contributed by atoms with Crippen LogP contribution in [-0.4, -0.2) is 61.4 Å². The quantitative estimate of drug-likeness (QED) is 0.584. The minimum atomic E-state index is 0.458. The van der Waals surface area contributed by atoms with Crippen LogP contribution in [-0.2, 0) is 4.74 Å². The summed E-state index contributed by atoms with van der Waals surface area (Å²) in [6.07, 6.45) is 3.37. The van der Waals surface area contributed by atoms with Crippen molar-refractivity contribution < 1.29 is 14.2 Å². The summed E-state index contributed by atoms with van der Waals surface area (Å²) in [5.41, 5.74) is 0.828. The summed E-state index contributed by atoms with van der Waals surface area (Å²) in [6, 6.07) is 7.38. The van der Waals surface area contributed by atoms with Gasteiger partial charge in [0.15, 0.2) is 11.5 Å². The summed E-state index contributed by atoms with van der Waals surface area (Å²) in [4.78, 5) is 10.6. The number of nitrogens with zero attached hydrogens (tertiary/aromatic N) is 3. The lowest BCUT2D eigenvalue weighted by Gasteiger charge is -2.17. The molecule has 2 aromatic rings. The van der Waals surface area contributed by atoms with Crippen LogP contribution < -0.4 is 14.8 Å². The van der Waals surface area contributed by atoms with E-state index in [9.17, 15) is 0 Å². The van der Waals surface area contributed by atoms with E-state index in [0.29, 0.717) is 37.3 Å². The molecule has 0 bridgehead atoms. The van der Waals surface area contributed by atoms with E-state index >= 15 is 0 Å². The van der Waals surface area contributed by atoms with Crippen LogP contribution >= 0.6 is 0 Å². The molecule has 1 heterocycles. The Bertz CT molecular complexity index is 636. The van der Waals surface area contributed by atoms with Crippen molar-refractivity contribution in [1.29, 1.82) is 0 Å². The number of hydrogen-bond donors (Lipinski definition) is 1. The Morgan fingerprint density at radius 2 is 1.77 bits per heavy atom. The van der Waals surface area contributed by atoms with Crippen molar-refractivity contribution in [2.24, 2.45) is 0 Å². The third kappa shape index (κ3) is 6.50. The maximum Gasteiger partial charge on any atom is 0.227 e. The van der Waals surface area contributed by atoms with Crippen LogP contribution in [0.15, 0.2) is 36.7 Å². The van der Waals surface area contributed by atoms with E-state index in [1.807, 2.05) is 18.2 Å². The Kier molecular flexibility index (Phi) is 8.65. The third-order valence-corrected chi connectivity index (χ3v) is 3.92. The van der Waals surface area contributed by atoms with Crippen molar-refractivity contribution in [2.75, 3.05) is 51.9 Å². The topological polar surface area (TPSA) is 68.7 Å². The lowest BCUT2D eigenvalue weighted by molar-refractivity contribution is 0.0812. The minimum Gasteiger partial charge on any atom is -0.493 e. The van der Waals surface area contributed by atoms with Gasteiger partial charge < -0.3 is 24.4 Å². The largest absolute Gasteiger partial charge is 0.493 e. The van der Waals surface area contributed by atoms with Crippen molar-refractivity contribution in [2.45, 2.75) is 13.8 Å². The molecular formula is C19H28N4O3. The van der Waals surface area contributed by atoms with Gasteiger partial charge in [-0.15, -0.1) is 0 Å². The van der Waals surface area contributed by atoms with Crippen molar-refractivity contribution in [3.8, 4) is 11.5 Å². The van der Waals surface area contributed by atoms with E-state index < -0.39 is 0 Å². The molecule has 1 aromatic heterocycles. The van der Waals surface area contributed by atoms with Gasteiger partial charge in [0.1, 0.15) is 6.61 Å². The molecular weight excluding hydrogens is 332 g/mol. The second-order valence-electron chi connectivity index (χ2n) is 5.55. The van der Waals surface area contributed by atoms with E-state index in [2.05, 4.69) is 34.0 Å². The van der Waals surface area contributed by atoms with Crippen LogP contribution in [0.25, 0.3) is 0 Å². The van der Waals surface area contributed by atoms with E-state index in [-0.39, 0.29) is 0 Å². The molecule has 7 heteroatoms. The maximum absolute atomic E-state index is 5.82. The molecule has 0 aliphatic heterocycles. The van der Waals surface area contributed by atoms with Crippen LogP contribution in [0.5, 0.6) is 11.5 Å². The van der Waals surface area contributed by atoms with Crippen LogP contribution in [0.1, 0.15) is 13.8 Å². The summed E-state index contributed by atoms with van der Waals surface area (Å²) in [5.74, 6) is 1.86. The lowest BCUT2D eigenvalue weighted by Crippen LogP contribution is -2.27. The maximum atomic E-state index is 5.82. The molecule has 7 nitrogen and oxygen atoms in total.